The number of hydrogen-bond acceptors (Lipinski definition) is 3. The van der Waals surface area contributed by atoms with Crippen molar-refractivity contribution in [3.63, 3.8) is 0 Å². The fourth-order valence-electron chi connectivity index (χ4n) is 2.53. The van der Waals surface area contributed by atoms with E-state index in [1.54, 1.807) is 0 Å². The first-order valence-electron chi connectivity index (χ1n) is 7.00. The van der Waals surface area contributed by atoms with Gasteiger partial charge in [-0.25, -0.2) is 0 Å². The molecule has 1 aliphatic heterocycles. The van der Waals surface area contributed by atoms with E-state index in [2.05, 4.69) is 13.8 Å². The zero-order valence-electron chi connectivity index (χ0n) is 11.8. The Morgan fingerprint density at radius 3 is 2.67 bits per heavy atom. The molecule has 4 heteroatoms. The number of likely N-dealkylation sites (tertiary alicyclic amines) is 1. The molecule has 0 aromatic heterocycles. The van der Waals surface area contributed by atoms with Gasteiger partial charge in [0.1, 0.15) is 0 Å². The van der Waals surface area contributed by atoms with Crippen LogP contribution in [0, 0.1) is 11.8 Å². The Hall–Kier alpha value is -1.06. The minimum absolute atomic E-state index is 0.123. The van der Waals surface area contributed by atoms with Gasteiger partial charge in [-0.15, -0.1) is 0 Å². The Bertz CT molecular complexity index is 291. The van der Waals surface area contributed by atoms with Crippen LogP contribution in [0.3, 0.4) is 0 Å². The van der Waals surface area contributed by atoms with Gasteiger partial charge in [-0.1, -0.05) is 26.7 Å². The second-order valence-electron chi connectivity index (χ2n) is 5.04. The van der Waals surface area contributed by atoms with Crippen molar-refractivity contribution in [3.8, 4) is 0 Å². The van der Waals surface area contributed by atoms with E-state index in [9.17, 15) is 9.59 Å². The lowest BCUT2D eigenvalue weighted by molar-refractivity contribution is -0.145. The second kappa shape index (κ2) is 7.39. The summed E-state index contributed by atoms with van der Waals surface area (Å²) >= 11 is 0. The van der Waals surface area contributed by atoms with Crippen LogP contribution in [0.15, 0.2) is 0 Å². The fourth-order valence-corrected chi connectivity index (χ4v) is 2.53. The first-order chi connectivity index (χ1) is 8.63. The topological polar surface area (TPSA) is 46.6 Å². The summed E-state index contributed by atoms with van der Waals surface area (Å²) < 4.78 is 4.74. The number of rotatable bonds is 6. The van der Waals surface area contributed by atoms with Crippen molar-refractivity contribution in [1.82, 2.24) is 4.90 Å². The molecule has 1 heterocycles. The zero-order valence-corrected chi connectivity index (χ0v) is 11.8. The van der Waals surface area contributed by atoms with Crippen LogP contribution in [-0.4, -0.2) is 37.0 Å². The molecule has 0 spiro atoms. The Morgan fingerprint density at radius 2 is 2.11 bits per heavy atom. The van der Waals surface area contributed by atoms with Gasteiger partial charge < -0.3 is 9.64 Å². The summed E-state index contributed by atoms with van der Waals surface area (Å²) in [6.07, 6.45) is 4.80. The van der Waals surface area contributed by atoms with Gasteiger partial charge in [-0.05, 0) is 19.3 Å². The average molecular weight is 255 g/mol. The predicted octanol–water partition coefficient (Wildman–Crippen LogP) is 2.22. The van der Waals surface area contributed by atoms with Crippen LogP contribution < -0.4 is 0 Å². The number of hydrogen-bond donors (Lipinski definition) is 0. The molecule has 2 atom stereocenters. The van der Waals surface area contributed by atoms with Gasteiger partial charge in [-0.2, -0.15) is 0 Å². The van der Waals surface area contributed by atoms with Crippen LogP contribution >= 0.6 is 0 Å². The average Bonchev–Trinajstić information content (AvgIpc) is 2.88. The van der Waals surface area contributed by atoms with Gasteiger partial charge in [0.2, 0.25) is 5.91 Å². The molecule has 2 unspecified atom stereocenters. The van der Waals surface area contributed by atoms with E-state index in [0.29, 0.717) is 13.1 Å². The third-order valence-corrected chi connectivity index (χ3v) is 3.78. The standard InChI is InChI=1S/C14H25NO3/c1-4-6-7-11(5-2)13(16)15-9-8-12(10-15)14(17)18-3/h11-12H,4-10H2,1-3H3. The molecule has 0 bridgehead atoms. The van der Waals surface area contributed by atoms with E-state index in [1.807, 2.05) is 4.90 Å². The van der Waals surface area contributed by atoms with E-state index < -0.39 is 0 Å². The third kappa shape index (κ3) is 3.72. The molecule has 1 aliphatic rings. The molecule has 0 aromatic carbocycles. The summed E-state index contributed by atoms with van der Waals surface area (Å²) in [7, 11) is 1.41. The number of amides is 1. The smallest absolute Gasteiger partial charge is 0.310 e. The fraction of sp³-hybridized carbons (Fsp3) is 0.857. The van der Waals surface area contributed by atoms with E-state index in [-0.39, 0.29) is 23.7 Å². The van der Waals surface area contributed by atoms with Crippen LogP contribution in [-0.2, 0) is 14.3 Å². The molecule has 1 amide bonds. The number of methoxy groups -OCH3 is 1. The van der Waals surface area contributed by atoms with Crippen molar-refractivity contribution in [2.75, 3.05) is 20.2 Å². The van der Waals surface area contributed by atoms with Crippen molar-refractivity contribution in [1.29, 1.82) is 0 Å². The summed E-state index contributed by atoms with van der Waals surface area (Å²) in [6.45, 7) is 5.43. The number of esters is 1. The Morgan fingerprint density at radius 1 is 1.39 bits per heavy atom. The van der Waals surface area contributed by atoms with Crippen molar-refractivity contribution >= 4 is 11.9 Å². The van der Waals surface area contributed by atoms with Gasteiger partial charge in [-0.3, -0.25) is 9.59 Å². The van der Waals surface area contributed by atoms with Gasteiger partial charge in [0.05, 0.1) is 13.0 Å². The molecule has 0 radical (unpaired) electrons. The molecule has 0 saturated carbocycles. The van der Waals surface area contributed by atoms with Gasteiger partial charge >= 0.3 is 5.97 Å². The number of carbonyl (C=O) groups is 2. The van der Waals surface area contributed by atoms with E-state index in [1.165, 1.54) is 7.11 Å². The molecular formula is C14H25NO3. The first kappa shape index (κ1) is 15.0. The number of nitrogens with zero attached hydrogens (tertiary/aromatic N) is 1. The van der Waals surface area contributed by atoms with E-state index in [0.717, 1.165) is 32.1 Å². The van der Waals surface area contributed by atoms with Crippen LogP contribution in [0.4, 0.5) is 0 Å². The van der Waals surface area contributed by atoms with Crippen molar-refractivity contribution in [2.45, 2.75) is 46.0 Å². The minimum atomic E-state index is -0.188. The Kier molecular flexibility index (Phi) is 6.16. The van der Waals surface area contributed by atoms with Gasteiger partial charge in [0.25, 0.3) is 0 Å². The van der Waals surface area contributed by atoms with E-state index in [4.69, 9.17) is 4.74 Å². The van der Waals surface area contributed by atoms with E-state index >= 15 is 0 Å². The molecule has 1 saturated heterocycles. The molecule has 0 aliphatic carbocycles. The third-order valence-electron chi connectivity index (χ3n) is 3.78. The summed E-state index contributed by atoms with van der Waals surface area (Å²) in [5.41, 5.74) is 0. The summed E-state index contributed by atoms with van der Waals surface area (Å²) in [5.74, 6) is 0.0354. The molecule has 104 valence electrons. The Balaban J connectivity index is 2.49. The summed E-state index contributed by atoms with van der Waals surface area (Å²) in [5, 5.41) is 0. The normalized spacial score (nSPS) is 20.8. The minimum Gasteiger partial charge on any atom is -0.469 e. The maximum absolute atomic E-state index is 12.3. The van der Waals surface area contributed by atoms with Crippen LogP contribution in [0.5, 0.6) is 0 Å². The van der Waals surface area contributed by atoms with Gasteiger partial charge in [0, 0.05) is 19.0 Å². The Labute approximate surface area is 110 Å². The molecule has 18 heavy (non-hydrogen) atoms. The lowest BCUT2D eigenvalue weighted by Gasteiger charge is -2.22. The number of ether oxygens (including phenoxy) is 1. The van der Waals surface area contributed by atoms with Crippen molar-refractivity contribution < 1.29 is 14.3 Å². The highest BCUT2D eigenvalue weighted by atomic mass is 16.5. The molecule has 0 N–H and O–H groups in total. The quantitative estimate of drug-likeness (QED) is 0.684. The monoisotopic (exact) mass is 255 g/mol. The molecule has 4 nitrogen and oxygen atoms in total. The van der Waals surface area contributed by atoms with Crippen LogP contribution in [0.2, 0.25) is 0 Å². The molecule has 1 fully saturated rings. The first-order valence-corrected chi connectivity index (χ1v) is 7.00. The highest BCUT2D eigenvalue weighted by Gasteiger charge is 2.33. The highest BCUT2D eigenvalue weighted by Crippen LogP contribution is 2.22. The summed E-state index contributed by atoms with van der Waals surface area (Å²) in [4.78, 5) is 25.6. The van der Waals surface area contributed by atoms with Crippen LogP contribution in [0.1, 0.15) is 46.0 Å². The maximum atomic E-state index is 12.3. The van der Waals surface area contributed by atoms with Crippen LogP contribution in [0.25, 0.3) is 0 Å². The SMILES string of the molecule is CCCCC(CC)C(=O)N1CCC(C(=O)OC)C1. The maximum Gasteiger partial charge on any atom is 0.310 e. The highest BCUT2D eigenvalue weighted by molar-refractivity contribution is 5.81. The molecular weight excluding hydrogens is 230 g/mol. The predicted molar refractivity (Wildman–Crippen MR) is 70.0 cm³/mol. The lowest BCUT2D eigenvalue weighted by atomic mass is 9.98. The zero-order chi connectivity index (χ0) is 13.5. The van der Waals surface area contributed by atoms with Crippen molar-refractivity contribution in [3.05, 3.63) is 0 Å². The number of carbonyl (C=O) groups excluding carboxylic acids is 2. The molecule has 0 aromatic rings. The molecule has 1 rings (SSSR count). The second-order valence-corrected chi connectivity index (χ2v) is 5.04. The largest absolute Gasteiger partial charge is 0.469 e. The number of unbranched alkanes of at least 4 members (excludes halogenated alkanes) is 1. The summed E-state index contributed by atoms with van der Waals surface area (Å²) in [6, 6.07) is 0. The lowest BCUT2D eigenvalue weighted by Crippen LogP contribution is -2.35. The van der Waals surface area contributed by atoms with Gasteiger partial charge in [0.15, 0.2) is 0 Å². The van der Waals surface area contributed by atoms with Crippen molar-refractivity contribution in [2.24, 2.45) is 11.8 Å².